The number of nitrogens with zero attached hydrogens (tertiary/aromatic N) is 2. The fourth-order valence-electron chi connectivity index (χ4n) is 2.93. The first-order valence-corrected chi connectivity index (χ1v) is 6.84. The number of rotatable bonds is 3. The Morgan fingerprint density at radius 3 is 2.68 bits per heavy atom. The molecule has 4 nitrogen and oxygen atoms in total. The number of benzene rings is 1. The van der Waals surface area contributed by atoms with Crippen LogP contribution in [0.25, 0.3) is 0 Å². The predicted molar refractivity (Wildman–Crippen MR) is 77.9 cm³/mol. The van der Waals surface area contributed by atoms with Crippen molar-refractivity contribution in [2.24, 2.45) is 5.92 Å². The average molecular weight is 264 g/mol. The SMILES string of the molecule is COc1ccccc1N1CC(C)CN(C)CC1CO. The summed E-state index contributed by atoms with van der Waals surface area (Å²) in [5.74, 6) is 1.43. The zero-order valence-corrected chi connectivity index (χ0v) is 12.0. The van der Waals surface area contributed by atoms with Gasteiger partial charge in [0.1, 0.15) is 5.75 Å². The topological polar surface area (TPSA) is 35.9 Å². The second-order valence-corrected chi connectivity index (χ2v) is 5.49. The van der Waals surface area contributed by atoms with E-state index in [4.69, 9.17) is 4.74 Å². The molecule has 1 aromatic carbocycles. The lowest BCUT2D eigenvalue weighted by molar-refractivity contribution is 0.226. The van der Waals surface area contributed by atoms with Crippen molar-refractivity contribution >= 4 is 5.69 Å². The smallest absolute Gasteiger partial charge is 0.142 e. The summed E-state index contributed by atoms with van der Waals surface area (Å²) in [6.45, 7) is 5.28. The third-order valence-corrected chi connectivity index (χ3v) is 3.70. The number of anilines is 1. The molecule has 2 rings (SSSR count). The Hall–Kier alpha value is -1.26. The quantitative estimate of drug-likeness (QED) is 0.896. The second-order valence-electron chi connectivity index (χ2n) is 5.49. The third-order valence-electron chi connectivity index (χ3n) is 3.70. The van der Waals surface area contributed by atoms with Gasteiger partial charge in [0.15, 0.2) is 0 Å². The normalized spacial score (nSPS) is 25.2. The van der Waals surface area contributed by atoms with Crippen LogP contribution in [0.2, 0.25) is 0 Å². The van der Waals surface area contributed by atoms with Crippen molar-refractivity contribution in [3.63, 3.8) is 0 Å². The number of likely N-dealkylation sites (N-methyl/N-ethyl adjacent to an activating group) is 1. The monoisotopic (exact) mass is 264 g/mol. The number of hydrogen-bond donors (Lipinski definition) is 1. The summed E-state index contributed by atoms with van der Waals surface area (Å²) in [5.41, 5.74) is 1.08. The molecule has 0 radical (unpaired) electrons. The molecule has 1 heterocycles. The molecule has 0 amide bonds. The van der Waals surface area contributed by atoms with Gasteiger partial charge in [0.05, 0.1) is 25.4 Å². The first-order chi connectivity index (χ1) is 9.15. The van der Waals surface area contributed by atoms with Crippen LogP contribution >= 0.6 is 0 Å². The Labute approximate surface area is 115 Å². The lowest BCUT2D eigenvalue weighted by Crippen LogP contribution is -2.43. The van der Waals surface area contributed by atoms with E-state index in [1.54, 1.807) is 7.11 Å². The molecule has 2 unspecified atom stereocenters. The van der Waals surface area contributed by atoms with E-state index in [1.807, 2.05) is 18.2 Å². The van der Waals surface area contributed by atoms with E-state index < -0.39 is 0 Å². The zero-order valence-electron chi connectivity index (χ0n) is 12.0. The number of hydrogen-bond acceptors (Lipinski definition) is 4. The molecule has 19 heavy (non-hydrogen) atoms. The van der Waals surface area contributed by atoms with E-state index in [-0.39, 0.29) is 12.6 Å². The van der Waals surface area contributed by atoms with Crippen LogP contribution in [-0.4, -0.2) is 56.4 Å². The van der Waals surface area contributed by atoms with Gasteiger partial charge in [0, 0.05) is 19.6 Å². The summed E-state index contributed by atoms with van der Waals surface area (Å²) >= 11 is 0. The molecule has 0 aliphatic carbocycles. The van der Waals surface area contributed by atoms with Gasteiger partial charge in [-0.3, -0.25) is 0 Å². The number of ether oxygens (including phenoxy) is 1. The van der Waals surface area contributed by atoms with E-state index in [9.17, 15) is 5.11 Å². The molecule has 0 bridgehead atoms. The molecular weight excluding hydrogens is 240 g/mol. The minimum absolute atomic E-state index is 0.117. The molecule has 0 aromatic heterocycles. The lowest BCUT2D eigenvalue weighted by atomic mass is 10.1. The summed E-state index contributed by atoms with van der Waals surface area (Å²) in [6.07, 6.45) is 0. The number of aliphatic hydroxyl groups excluding tert-OH is 1. The Morgan fingerprint density at radius 2 is 2.00 bits per heavy atom. The minimum atomic E-state index is 0.117. The maximum atomic E-state index is 9.71. The summed E-state index contributed by atoms with van der Waals surface area (Å²) in [5, 5.41) is 9.71. The molecule has 1 aromatic rings. The van der Waals surface area contributed by atoms with Crippen LogP contribution in [0.15, 0.2) is 24.3 Å². The fourth-order valence-corrected chi connectivity index (χ4v) is 2.93. The molecule has 1 fully saturated rings. The molecule has 1 saturated heterocycles. The maximum absolute atomic E-state index is 9.71. The van der Waals surface area contributed by atoms with Crippen molar-refractivity contribution < 1.29 is 9.84 Å². The van der Waals surface area contributed by atoms with Crippen LogP contribution in [0.3, 0.4) is 0 Å². The van der Waals surface area contributed by atoms with Crippen LogP contribution in [0.5, 0.6) is 5.75 Å². The molecule has 2 atom stereocenters. The van der Waals surface area contributed by atoms with Gasteiger partial charge in [-0.05, 0) is 25.1 Å². The number of para-hydroxylation sites is 2. The van der Waals surface area contributed by atoms with E-state index >= 15 is 0 Å². The predicted octanol–water partition coefficient (Wildman–Crippen LogP) is 1.44. The van der Waals surface area contributed by atoms with Gasteiger partial charge in [0.2, 0.25) is 0 Å². The van der Waals surface area contributed by atoms with E-state index in [1.165, 1.54) is 0 Å². The number of aliphatic hydroxyl groups is 1. The molecule has 106 valence electrons. The molecule has 0 spiro atoms. The van der Waals surface area contributed by atoms with Crippen molar-refractivity contribution in [3.05, 3.63) is 24.3 Å². The molecule has 4 heteroatoms. The van der Waals surface area contributed by atoms with Gasteiger partial charge in [-0.2, -0.15) is 0 Å². The summed E-state index contributed by atoms with van der Waals surface area (Å²) in [4.78, 5) is 4.58. The molecule has 1 N–H and O–H groups in total. The van der Waals surface area contributed by atoms with E-state index in [2.05, 4.69) is 29.8 Å². The van der Waals surface area contributed by atoms with Crippen molar-refractivity contribution in [1.29, 1.82) is 0 Å². The van der Waals surface area contributed by atoms with Gasteiger partial charge in [-0.15, -0.1) is 0 Å². The average Bonchev–Trinajstić information content (AvgIpc) is 2.56. The van der Waals surface area contributed by atoms with E-state index in [0.717, 1.165) is 31.1 Å². The minimum Gasteiger partial charge on any atom is -0.495 e. The van der Waals surface area contributed by atoms with Gasteiger partial charge < -0.3 is 19.6 Å². The van der Waals surface area contributed by atoms with Crippen LogP contribution < -0.4 is 9.64 Å². The van der Waals surface area contributed by atoms with Crippen LogP contribution in [0.1, 0.15) is 6.92 Å². The third kappa shape index (κ3) is 3.19. The molecule has 1 aliphatic heterocycles. The maximum Gasteiger partial charge on any atom is 0.142 e. The Morgan fingerprint density at radius 1 is 1.26 bits per heavy atom. The van der Waals surface area contributed by atoms with Crippen molar-refractivity contribution in [2.75, 3.05) is 45.3 Å². The van der Waals surface area contributed by atoms with E-state index in [0.29, 0.717) is 5.92 Å². The second kappa shape index (κ2) is 6.26. The van der Waals surface area contributed by atoms with Crippen LogP contribution in [-0.2, 0) is 0 Å². The lowest BCUT2D eigenvalue weighted by Gasteiger charge is -2.33. The Kier molecular flexibility index (Phi) is 4.66. The first kappa shape index (κ1) is 14.2. The fraction of sp³-hybridized carbons (Fsp3) is 0.600. The van der Waals surface area contributed by atoms with Gasteiger partial charge in [0.25, 0.3) is 0 Å². The van der Waals surface area contributed by atoms with Gasteiger partial charge >= 0.3 is 0 Å². The standard InChI is InChI=1S/C15H24N2O2/c1-12-8-16(2)10-13(11-18)17(9-12)14-6-4-5-7-15(14)19-3/h4-7,12-13,18H,8-11H2,1-3H3. The van der Waals surface area contributed by atoms with Crippen molar-refractivity contribution in [2.45, 2.75) is 13.0 Å². The van der Waals surface area contributed by atoms with Crippen molar-refractivity contribution in [3.8, 4) is 5.75 Å². The Balaban J connectivity index is 2.33. The first-order valence-electron chi connectivity index (χ1n) is 6.84. The highest BCUT2D eigenvalue weighted by Crippen LogP contribution is 2.31. The summed E-state index contributed by atoms with van der Waals surface area (Å²) in [6, 6.07) is 8.16. The molecule has 0 saturated carbocycles. The molecular formula is C15H24N2O2. The van der Waals surface area contributed by atoms with Crippen molar-refractivity contribution in [1.82, 2.24) is 4.90 Å². The van der Waals surface area contributed by atoms with Gasteiger partial charge in [-0.1, -0.05) is 19.1 Å². The highest BCUT2D eigenvalue weighted by atomic mass is 16.5. The zero-order chi connectivity index (χ0) is 13.8. The van der Waals surface area contributed by atoms with Gasteiger partial charge in [-0.25, -0.2) is 0 Å². The molecule has 1 aliphatic rings. The number of methoxy groups -OCH3 is 1. The Bertz CT molecular complexity index is 411. The summed E-state index contributed by atoms with van der Waals surface area (Å²) in [7, 11) is 3.81. The largest absolute Gasteiger partial charge is 0.495 e. The van der Waals surface area contributed by atoms with Crippen LogP contribution in [0.4, 0.5) is 5.69 Å². The van der Waals surface area contributed by atoms with Crippen LogP contribution in [0, 0.1) is 5.92 Å². The highest BCUT2D eigenvalue weighted by molar-refractivity contribution is 5.59. The highest BCUT2D eigenvalue weighted by Gasteiger charge is 2.27. The summed E-state index contributed by atoms with van der Waals surface area (Å²) < 4.78 is 5.46.